The van der Waals surface area contributed by atoms with Crippen LogP contribution in [-0.2, 0) is 17.0 Å². The molecule has 0 amide bonds. The van der Waals surface area contributed by atoms with Crippen molar-refractivity contribution in [1.82, 2.24) is 14.8 Å². The van der Waals surface area contributed by atoms with Crippen LogP contribution in [0, 0.1) is 0 Å². The van der Waals surface area contributed by atoms with Crippen molar-refractivity contribution in [1.29, 1.82) is 0 Å². The number of methoxy groups -OCH3 is 1. The van der Waals surface area contributed by atoms with E-state index in [1.165, 1.54) is 11.8 Å². The first-order chi connectivity index (χ1) is 10.1. The zero-order valence-electron chi connectivity index (χ0n) is 11.4. The van der Waals surface area contributed by atoms with Gasteiger partial charge in [-0.15, -0.1) is 5.10 Å². The maximum atomic E-state index is 11.7. The van der Waals surface area contributed by atoms with Gasteiger partial charge in [0.25, 0.3) is 0 Å². The number of halogens is 2. The lowest BCUT2D eigenvalue weighted by Crippen LogP contribution is -2.18. The Labute approximate surface area is 136 Å². The van der Waals surface area contributed by atoms with Crippen LogP contribution in [0.3, 0.4) is 0 Å². The monoisotopic (exact) mass is 347 g/mol. The second kappa shape index (κ2) is 7.89. The van der Waals surface area contributed by atoms with Gasteiger partial charge in [-0.3, -0.25) is 4.57 Å². The van der Waals surface area contributed by atoms with E-state index in [-0.39, 0.29) is 5.69 Å². The van der Waals surface area contributed by atoms with Crippen LogP contribution in [0.5, 0.6) is 0 Å². The molecule has 0 aliphatic rings. The van der Waals surface area contributed by atoms with E-state index < -0.39 is 0 Å². The molecule has 2 aromatic rings. The maximum absolute atomic E-state index is 11.7. The Kier molecular flexibility index (Phi) is 6.17. The fourth-order valence-electron chi connectivity index (χ4n) is 1.78. The summed E-state index contributed by atoms with van der Waals surface area (Å²) < 4.78 is 6.58. The van der Waals surface area contributed by atoms with E-state index in [9.17, 15) is 4.79 Å². The quantitative estimate of drug-likeness (QED) is 0.617. The summed E-state index contributed by atoms with van der Waals surface area (Å²) in [5, 5.41) is 8.33. The van der Waals surface area contributed by atoms with Gasteiger partial charge < -0.3 is 4.74 Å². The number of thioether (sulfide) groups is 1. The molecular formula is C13H15Cl2N3O2S. The van der Waals surface area contributed by atoms with Crippen LogP contribution in [0.1, 0.15) is 12.0 Å². The minimum atomic E-state index is -0.223. The Bertz CT molecular complexity index is 637. The molecule has 1 N–H and O–H groups in total. The first-order valence-corrected chi connectivity index (χ1v) is 8.07. The Morgan fingerprint density at radius 2 is 2.10 bits per heavy atom. The first kappa shape index (κ1) is 16.4. The molecule has 0 saturated carbocycles. The van der Waals surface area contributed by atoms with E-state index in [0.717, 1.165) is 12.0 Å². The average molecular weight is 348 g/mol. The topological polar surface area (TPSA) is 59.9 Å². The zero-order valence-corrected chi connectivity index (χ0v) is 13.8. The predicted molar refractivity (Wildman–Crippen MR) is 85.4 cm³/mol. The summed E-state index contributed by atoms with van der Waals surface area (Å²) in [6.07, 6.45) is 0.746. The molecule has 0 radical (unpaired) electrons. The highest BCUT2D eigenvalue weighted by Crippen LogP contribution is 2.30. The number of benzene rings is 1. The van der Waals surface area contributed by atoms with Crippen LogP contribution in [0.2, 0.25) is 10.0 Å². The van der Waals surface area contributed by atoms with Crippen molar-refractivity contribution >= 4 is 35.0 Å². The van der Waals surface area contributed by atoms with E-state index in [2.05, 4.69) is 10.2 Å². The second-order valence-corrected chi connectivity index (χ2v) is 6.06. The van der Waals surface area contributed by atoms with Crippen LogP contribution >= 0.6 is 35.0 Å². The molecule has 2 rings (SSSR count). The van der Waals surface area contributed by atoms with Gasteiger partial charge in [-0.1, -0.05) is 41.0 Å². The number of aromatic nitrogens is 3. The molecule has 0 atom stereocenters. The van der Waals surface area contributed by atoms with Crippen molar-refractivity contribution in [3.63, 3.8) is 0 Å². The molecule has 0 saturated heterocycles. The Morgan fingerprint density at radius 1 is 1.38 bits per heavy atom. The fraction of sp³-hybridized carbons (Fsp3) is 0.385. The number of ether oxygens (including phenoxy) is 1. The van der Waals surface area contributed by atoms with Gasteiger partial charge in [-0.25, -0.2) is 9.89 Å². The molecule has 0 aliphatic carbocycles. The molecule has 1 aromatic heterocycles. The molecule has 0 fully saturated rings. The molecular weight excluding hydrogens is 333 g/mol. The van der Waals surface area contributed by atoms with Crippen molar-refractivity contribution < 1.29 is 4.74 Å². The lowest BCUT2D eigenvalue weighted by atomic mass is 10.2. The van der Waals surface area contributed by atoms with Gasteiger partial charge in [0.15, 0.2) is 5.16 Å². The van der Waals surface area contributed by atoms with Gasteiger partial charge in [0.1, 0.15) is 0 Å². The fourth-order valence-corrected chi connectivity index (χ4v) is 3.50. The molecule has 114 valence electrons. The predicted octanol–water partition coefficient (Wildman–Crippen LogP) is 3.21. The third kappa shape index (κ3) is 4.26. The Morgan fingerprint density at radius 3 is 2.76 bits per heavy atom. The summed E-state index contributed by atoms with van der Waals surface area (Å²) in [5.41, 5.74) is 0.614. The highest BCUT2D eigenvalue weighted by atomic mass is 35.5. The third-order valence-corrected chi connectivity index (χ3v) is 4.57. The van der Waals surface area contributed by atoms with Crippen molar-refractivity contribution in [3.05, 3.63) is 44.3 Å². The molecule has 0 bridgehead atoms. The van der Waals surface area contributed by atoms with Crippen molar-refractivity contribution in [2.75, 3.05) is 13.7 Å². The van der Waals surface area contributed by atoms with Crippen LogP contribution < -0.4 is 5.69 Å². The van der Waals surface area contributed by atoms with E-state index in [0.29, 0.717) is 34.1 Å². The summed E-state index contributed by atoms with van der Waals surface area (Å²) >= 11 is 13.7. The number of nitrogens with one attached hydrogen (secondary N) is 1. The highest BCUT2D eigenvalue weighted by Gasteiger charge is 2.11. The number of hydrogen-bond acceptors (Lipinski definition) is 4. The summed E-state index contributed by atoms with van der Waals surface area (Å²) in [7, 11) is 1.63. The van der Waals surface area contributed by atoms with E-state index >= 15 is 0 Å². The Hall–Kier alpha value is -0.950. The van der Waals surface area contributed by atoms with Crippen LogP contribution in [0.4, 0.5) is 0 Å². The van der Waals surface area contributed by atoms with E-state index in [1.54, 1.807) is 29.9 Å². The molecule has 0 spiro atoms. The van der Waals surface area contributed by atoms with Crippen molar-refractivity contribution in [2.24, 2.45) is 0 Å². The number of nitrogens with zero attached hydrogens (tertiary/aromatic N) is 2. The SMILES string of the molecule is COCCCn1c(SCc2c(Cl)cccc2Cl)n[nH]c1=O. The molecule has 1 aromatic carbocycles. The molecule has 0 unspecified atom stereocenters. The average Bonchev–Trinajstić information content (AvgIpc) is 2.80. The lowest BCUT2D eigenvalue weighted by Gasteiger charge is -2.07. The lowest BCUT2D eigenvalue weighted by molar-refractivity contribution is 0.189. The number of H-pyrrole nitrogens is 1. The minimum Gasteiger partial charge on any atom is -0.385 e. The highest BCUT2D eigenvalue weighted by molar-refractivity contribution is 7.98. The summed E-state index contributed by atoms with van der Waals surface area (Å²) in [6.45, 7) is 1.15. The molecule has 1 heterocycles. The van der Waals surface area contributed by atoms with Gasteiger partial charge in [0, 0.05) is 36.1 Å². The van der Waals surface area contributed by atoms with Gasteiger partial charge >= 0.3 is 5.69 Å². The second-order valence-electron chi connectivity index (χ2n) is 4.30. The van der Waals surface area contributed by atoms with E-state index in [1.807, 2.05) is 0 Å². The molecule has 8 heteroatoms. The van der Waals surface area contributed by atoms with Crippen LogP contribution in [0.25, 0.3) is 0 Å². The molecule has 5 nitrogen and oxygen atoms in total. The molecule has 21 heavy (non-hydrogen) atoms. The van der Waals surface area contributed by atoms with Gasteiger partial charge in [-0.2, -0.15) is 0 Å². The van der Waals surface area contributed by atoms with Crippen LogP contribution in [0.15, 0.2) is 28.2 Å². The Balaban J connectivity index is 2.08. The summed E-state index contributed by atoms with van der Waals surface area (Å²) in [4.78, 5) is 11.7. The normalized spacial score (nSPS) is 11.0. The zero-order chi connectivity index (χ0) is 15.2. The maximum Gasteiger partial charge on any atom is 0.343 e. The first-order valence-electron chi connectivity index (χ1n) is 6.33. The summed E-state index contributed by atoms with van der Waals surface area (Å²) in [5.74, 6) is 0.549. The van der Waals surface area contributed by atoms with Crippen LogP contribution in [-0.4, -0.2) is 28.5 Å². The smallest absolute Gasteiger partial charge is 0.343 e. The largest absolute Gasteiger partial charge is 0.385 e. The van der Waals surface area contributed by atoms with Gasteiger partial charge in [0.2, 0.25) is 0 Å². The number of hydrogen-bond donors (Lipinski definition) is 1. The minimum absolute atomic E-state index is 0.223. The van der Waals surface area contributed by atoms with Gasteiger partial charge in [-0.05, 0) is 24.1 Å². The van der Waals surface area contributed by atoms with Crippen molar-refractivity contribution in [3.8, 4) is 0 Å². The third-order valence-electron chi connectivity index (χ3n) is 2.86. The number of rotatable bonds is 7. The summed E-state index contributed by atoms with van der Waals surface area (Å²) in [6, 6.07) is 5.38. The van der Waals surface area contributed by atoms with Gasteiger partial charge in [0.05, 0.1) is 0 Å². The van der Waals surface area contributed by atoms with Crippen molar-refractivity contribution in [2.45, 2.75) is 23.9 Å². The molecule has 0 aliphatic heterocycles. The number of aromatic amines is 1. The standard InChI is InChI=1S/C13H15Cl2N3O2S/c1-20-7-3-6-18-12(19)16-17-13(18)21-8-9-10(14)4-2-5-11(9)15/h2,4-5H,3,6-8H2,1H3,(H,16,19). The van der Waals surface area contributed by atoms with E-state index in [4.69, 9.17) is 27.9 Å².